The Labute approximate surface area is 146 Å². The lowest BCUT2D eigenvalue weighted by Gasteiger charge is -1.99. The molecule has 0 amide bonds. The van der Waals surface area contributed by atoms with Crippen molar-refractivity contribution in [3.05, 3.63) is 36.5 Å². The molecule has 0 aliphatic rings. The Kier molecular flexibility index (Phi) is 15.1. The van der Waals surface area contributed by atoms with Crippen molar-refractivity contribution < 1.29 is 19.8 Å². The van der Waals surface area contributed by atoms with Crippen molar-refractivity contribution in [2.75, 3.05) is 0 Å². The molecule has 0 saturated heterocycles. The Bertz CT molecular complexity index is 421. The molecule has 0 bridgehead atoms. The van der Waals surface area contributed by atoms with E-state index in [-0.39, 0.29) is 12.2 Å². The quantitative estimate of drug-likeness (QED) is 0.260. The summed E-state index contributed by atoms with van der Waals surface area (Å²) in [5.74, 6) is -0.764. The number of rotatable bonds is 15. The smallest absolute Gasteiger partial charge is 0.303 e. The number of hydrogen-bond acceptors (Lipinski definition) is 3. The lowest BCUT2D eigenvalue weighted by molar-refractivity contribution is -0.137. The number of carbonyl (C=O) groups excluding carboxylic acids is 1. The van der Waals surface area contributed by atoms with Crippen molar-refractivity contribution in [2.45, 2.75) is 77.2 Å². The molecular formula is C20H32O4. The number of allylic oxidation sites excluding steroid dienone is 4. The summed E-state index contributed by atoms with van der Waals surface area (Å²) in [6.07, 6.45) is 18.2. The lowest BCUT2D eigenvalue weighted by Crippen LogP contribution is -2.00. The second kappa shape index (κ2) is 16.2. The fraction of sp³-hybridized carbons (Fsp3) is 0.600. The van der Waals surface area contributed by atoms with Crippen LogP contribution >= 0.6 is 0 Å². The van der Waals surface area contributed by atoms with Crippen molar-refractivity contribution in [3.8, 4) is 0 Å². The summed E-state index contributed by atoms with van der Waals surface area (Å²) in [6.45, 7) is 2.18. The molecule has 136 valence electrons. The van der Waals surface area contributed by atoms with Crippen LogP contribution in [0.4, 0.5) is 0 Å². The van der Waals surface area contributed by atoms with E-state index in [2.05, 4.69) is 13.0 Å². The van der Waals surface area contributed by atoms with Crippen LogP contribution in [-0.4, -0.2) is 28.1 Å². The summed E-state index contributed by atoms with van der Waals surface area (Å²) in [4.78, 5) is 21.8. The van der Waals surface area contributed by atoms with E-state index in [0.717, 1.165) is 6.42 Å². The zero-order valence-corrected chi connectivity index (χ0v) is 14.8. The number of hydrogen-bond donors (Lipinski definition) is 2. The molecule has 0 rings (SSSR count). The average molecular weight is 336 g/mol. The van der Waals surface area contributed by atoms with Gasteiger partial charge in [0.15, 0.2) is 0 Å². The third-order valence-corrected chi connectivity index (χ3v) is 3.54. The van der Waals surface area contributed by atoms with Gasteiger partial charge in [-0.3, -0.25) is 9.59 Å². The first-order valence-corrected chi connectivity index (χ1v) is 8.96. The van der Waals surface area contributed by atoms with Crippen LogP contribution in [0.15, 0.2) is 36.5 Å². The minimum absolute atomic E-state index is 0.0508. The summed E-state index contributed by atoms with van der Waals surface area (Å²) in [7, 11) is 0. The van der Waals surface area contributed by atoms with Crippen LogP contribution in [0.5, 0.6) is 0 Å². The van der Waals surface area contributed by atoms with Crippen LogP contribution in [0.3, 0.4) is 0 Å². The Morgan fingerprint density at radius 2 is 1.71 bits per heavy atom. The number of ketones is 1. The average Bonchev–Trinajstić information content (AvgIpc) is 2.53. The summed E-state index contributed by atoms with van der Waals surface area (Å²) in [6, 6.07) is 0. The van der Waals surface area contributed by atoms with E-state index in [4.69, 9.17) is 5.11 Å². The highest BCUT2D eigenvalue weighted by molar-refractivity contribution is 5.79. The van der Waals surface area contributed by atoms with Gasteiger partial charge in [0.05, 0.1) is 6.10 Å². The molecule has 0 saturated carbocycles. The van der Waals surface area contributed by atoms with Crippen molar-refractivity contribution in [1.82, 2.24) is 0 Å². The maximum atomic E-state index is 11.5. The SMILES string of the molecule is CCCCC/C=C\C[C@@H](O)/C=C/C=C/CCC(=O)CCCC(=O)O. The van der Waals surface area contributed by atoms with Gasteiger partial charge in [-0.25, -0.2) is 0 Å². The molecule has 0 aliphatic carbocycles. The van der Waals surface area contributed by atoms with Crippen molar-refractivity contribution in [1.29, 1.82) is 0 Å². The highest BCUT2D eigenvalue weighted by atomic mass is 16.4. The third-order valence-electron chi connectivity index (χ3n) is 3.54. The number of carboxylic acid groups (broad SMARTS) is 1. The van der Waals surface area contributed by atoms with Crippen molar-refractivity contribution >= 4 is 11.8 Å². The van der Waals surface area contributed by atoms with Gasteiger partial charge in [-0.1, -0.05) is 56.2 Å². The second-order valence-electron chi connectivity index (χ2n) is 5.91. The van der Waals surface area contributed by atoms with Crippen LogP contribution in [0.1, 0.15) is 71.1 Å². The lowest BCUT2D eigenvalue weighted by atomic mass is 10.1. The molecule has 4 heteroatoms. The predicted molar refractivity (Wildman–Crippen MR) is 97.9 cm³/mol. The number of aliphatic carboxylic acids is 1. The zero-order valence-electron chi connectivity index (χ0n) is 14.8. The first kappa shape index (κ1) is 22.3. The number of carbonyl (C=O) groups is 2. The predicted octanol–water partition coefficient (Wildman–Crippen LogP) is 4.59. The maximum absolute atomic E-state index is 11.5. The molecule has 2 N–H and O–H groups in total. The normalized spacial score (nSPS) is 13.2. The third kappa shape index (κ3) is 16.7. The van der Waals surface area contributed by atoms with Crippen molar-refractivity contribution in [3.63, 3.8) is 0 Å². The molecule has 0 aliphatic heterocycles. The summed E-state index contributed by atoms with van der Waals surface area (Å²) >= 11 is 0. The Morgan fingerprint density at radius 3 is 2.42 bits per heavy atom. The van der Waals surface area contributed by atoms with E-state index in [9.17, 15) is 14.7 Å². The van der Waals surface area contributed by atoms with Crippen LogP contribution in [0.25, 0.3) is 0 Å². The Hall–Kier alpha value is -1.68. The first-order valence-electron chi connectivity index (χ1n) is 8.96. The fourth-order valence-electron chi connectivity index (χ4n) is 2.12. The standard InChI is InChI=1S/C20H32O4/c1-2-3-4-5-6-9-13-18(21)14-10-7-8-11-15-19(22)16-12-17-20(23)24/h6-10,14,18,21H,2-5,11-13,15-17H2,1H3,(H,23,24)/b8-7+,9-6-,14-10+/t18-/m1/s1. The molecule has 0 radical (unpaired) electrons. The number of carboxylic acids is 1. The highest BCUT2D eigenvalue weighted by Crippen LogP contribution is 2.04. The largest absolute Gasteiger partial charge is 0.481 e. The van der Waals surface area contributed by atoms with Gasteiger partial charge in [-0.05, 0) is 32.1 Å². The van der Waals surface area contributed by atoms with Crippen LogP contribution < -0.4 is 0 Å². The summed E-state index contributed by atoms with van der Waals surface area (Å²) < 4.78 is 0. The molecule has 0 heterocycles. The maximum Gasteiger partial charge on any atom is 0.303 e. The minimum atomic E-state index is -0.859. The fourth-order valence-corrected chi connectivity index (χ4v) is 2.12. The van der Waals surface area contributed by atoms with E-state index in [1.165, 1.54) is 19.3 Å². The van der Waals surface area contributed by atoms with E-state index in [1.807, 2.05) is 18.2 Å². The Morgan fingerprint density at radius 1 is 0.917 bits per heavy atom. The molecule has 4 nitrogen and oxygen atoms in total. The number of Topliss-reactive ketones (excluding diaryl/α,β-unsaturated/α-hetero) is 1. The van der Waals surface area contributed by atoms with Gasteiger partial charge in [0, 0.05) is 19.3 Å². The first-order chi connectivity index (χ1) is 11.6. The van der Waals surface area contributed by atoms with Crippen molar-refractivity contribution in [2.24, 2.45) is 0 Å². The van der Waals surface area contributed by atoms with E-state index < -0.39 is 12.1 Å². The van der Waals surface area contributed by atoms with Gasteiger partial charge in [0.25, 0.3) is 0 Å². The van der Waals surface area contributed by atoms with Crippen LogP contribution in [-0.2, 0) is 9.59 Å². The van der Waals surface area contributed by atoms with Crippen LogP contribution in [0.2, 0.25) is 0 Å². The van der Waals surface area contributed by atoms with E-state index in [0.29, 0.717) is 32.1 Å². The summed E-state index contributed by atoms with van der Waals surface area (Å²) in [5.41, 5.74) is 0. The van der Waals surface area contributed by atoms with Gasteiger partial charge >= 0.3 is 5.97 Å². The molecule has 0 fully saturated rings. The molecule has 0 aromatic heterocycles. The molecule has 1 atom stereocenters. The zero-order chi connectivity index (χ0) is 18.0. The number of unbranched alkanes of at least 4 members (excludes halogenated alkanes) is 3. The van der Waals surface area contributed by atoms with Gasteiger partial charge in [-0.2, -0.15) is 0 Å². The Balaban J connectivity index is 3.68. The molecular weight excluding hydrogens is 304 g/mol. The number of aliphatic hydroxyl groups is 1. The highest BCUT2D eigenvalue weighted by Gasteiger charge is 2.02. The topological polar surface area (TPSA) is 74.6 Å². The minimum Gasteiger partial charge on any atom is -0.481 e. The molecule has 0 aromatic rings. The second-order valence-corrected chi connectivity index (χ2v) is 5.91. The van der Waals surface area contributed by atoms with Crippen LogP contribution in [0, 0.1) is 0 Å². The molecule has 0 spiro atoms. The van der Waals surface area contributed by atoms with E-state index >= 15 is 0 Å². The van der Waals surface area contributed by atoms with Gasteiger partial charge in [-0.15, -0.1) is 0 Å². The number of aliphatic hydroxyl groups excluding tert-OH is 1. The monoisotopic (exact) mass is 336 g/mol. The molecule has 0 aromatic carbocycles. The van der Waals surface area contributed by atoms with Gasteiger partial charge in [0.1, 0.15) is 5.78 Å². The molecule has 0 unspecified atom stereocenters. The van der Waals surface area contributed by atoms with Gasteiger partial charge < -0.3 is 10.2 Å². The van der Waals surface area contributed by atoms with Gasteiger partial charge in [0.2, 0.25) is 0 Å². The molecule has 24 heavy (non-hydrogen) atoms. The van der Waals surface area contributed by atoms with E-state index in [1.54, 1.807) is 12.2 Å². The summed E-state index contributed by atoms with van der Waals surface area (Å²) in [5, 5.41) is 18.3.